The van der Waals surface area contributed by atoms with Gasteiger partial charge in [-0.05, 0) is 47.5 Å². The molecular formula is C31H34N2O6. The molecule has 0 bridgehead atoms. The molecule has 2 N–H and O–H groups in total. The summed E-state index contributed by atoms with van der Waals surface area (Å²) in [7, 11) is 3.18. The fraction of sp³-hybridized carbons (Fsp3) is 0.290. The molecule has 0 fully saturated rings. The summed E-state index contributed by atoms with van der Waals surface area (Å²) in [5.41, 5.74) is 1.51. The summed E-state index contributed by atoms with van der Waals surface area (Å²) < 4.78 is 22.3. The summed E-state index contributed by atoms with van der Waals surface area (Å²) in [5, 5.41) is 12.0. The molecule has 204 valence electrons. The number of nitrogens with zero attached hydrogens (tertiary/aromatic N) is 1. The van der Waals surface area contributed by atoms with E-state index < -0.39 is 5.54 Å². The van der Waals surface area contributed by atoms with Crippen molar-refractivity contribution < 1.29 is 28.8 Å². The van der Waals surface area contributed by atoms with Crippen LogP contribution in [0.15, 0.2) is 83.9 Å². The molecule has 0 aromatic heterocycles. The van der Waals surface area contributed by atoms with Crippen LogP contribution in [0.4, 0.5) is 0 Å². The molecule has 0 unspecified atom stereocenters. The van der Waals surface area contributed by atoms with Crippen molar-refractivity contribution in [1.29, 1.82) is 0 Å². The highest BCUT2D eigenvalue weighted by Gasteiger charge is 2.43. The van der Waals surface area contributed by atoms with Crippen molar-refractivity contribution in [2.75, 3.05) is 34.0 Å². The Balaban J connectivity index is 1.54. The lowest BCUT2D eigenvalue weighted by Crippen LogP contribution is -2.46. The number of rotatable bonds is 13. The average Bonchev–Trinajstić information content (AvgIpc) is 3.42. The molecule has 4 rings (SSSR count). The van der Waals surface area contributed by atoms with Gasteiger partial charge in [-0.3, -0.25) is 4.79 Å². The Hall–Kier alpha value is -4.30. The van der Waals surface area contributed by atoms with Gasteiger partial charge < -0.3 is 29.4 Å². The normalized spacial score (nSPS) is 16.4. The van der Waals surface area contributed by atoms with Gasteiger partial charge >= 0.3 is 0 Å². The van der Waals surface area contributed by atoms with E-state index in [-0.39, 0.29) is 25.7 Å². The fourth-order valence-corrected chi connectivity index (χ4v) is 4.13. The minimum atomic E-state index is -1.13. The zero-order valence-corrected chi connectivity index (χ0v) is 22.3. The van der Waals surface area contributed by atoms with Crippen LogP contribution in [0.3, 0.4) is 0 Å². The van der Waals surface area contributed by atoms with Crippen LogP contribution in [-0.4, -0.2) is 56.5 Å². The van der Waals surface area contributed by atoms with E-state index in [2.05, 4.69) is 5.32 Å². The van der Waals surface area contributed by atoms with Crippen LogP contribution in [-0.2, 0) is 16.1 Å². The summed E-state index contributed by atoms with van der Waals surface area (Å²) in [4.78, 5) is 18.4. The lowest BCUT2D eigenvalue weighted by atomic mass is 9.95. The second-order valence-corrected chi connectivity index (χ2v) is 9.11. The van der Waals surface area contributed by atoms with Gasteiger partial charge in [-0.1, -0.05) is 42.5 Å². The molecule has 39 heavy (non-hydrogen) atoms. The molecule has 1 heterocycles. The second kappa shape index (κ2) is 13.5. The zero-order valence-electron chi connectivity index (χ0n) is 22.3. The minimum absolute atomic E-state index is 0.0803. The smallest absolute Gasteiger partial charge is 0.252 e. The van der Waals surface area contributed by atoms with E-state index in [1.165, 1.54) is 0 Å². The highest BCUT2D eigenvalue weighted by molar-refractivity contribution is 6.00. The first kappa shape index (κ1) is 27.7. The van der Waals surface area contributed by atoms with Crippen molar-refractivity contribution >= 4 is 17.9 Å². The topological polar surface area (TPSA) is 98.6 Å². The molecular weight excluding hydrogens is 496 g/mol. The number of nitrogens with one attached hydrogen (secondary N) is 1. The number of aliphatic hydroxyl groups is 1. The first-order chi connectivity index (χ1) is 19.0. The molecule has 0 radical (unpaired) electrons. The van der Waals surface area contributed by atoms with Gasteiger partial charge in [0.25, 0.3) is 5.91 Å². The maximum Gasteiger partial charge on any atom is 0.252 e. The number of aliphatic hydroxyl groups excluding tert-OH is 1. The van der Waals surface area contributed by atoms with E-state index in [0.717, 1.165) is 16.7 Å². The third kappa shape index (κ3) is 7.39. The molecule has 0 saturated carbocycles. The molecule has 0 aliphatic carbocycles. The van der Waals surface area contributed by atoms with E-state index in [1.54, 1.807) is 20.3 Å². The van der Waals surface area contributed by atoms with Gasteiger partial charge in [0.15, 0.2) is 5.54 Å². The van der Waals surface area contributed by atoms with Gasteiger partial charge in [0.05, 0.1) is 20.8 Å². The summed E-state index contributed by atoms with van der Waals surface area (Å²) in [6, 6.07) is 22.8. The predicted octanol–water partition coefficient (Wildman–Crippen LogP) is 4.40. The Bertz CT molecular complexity index is 1270. The van der Waals surface area contributed by atoms with E-state index in [9.17, 15) is 4.79 Å². The highest BCUT2D eigenvalue weighted by atomic mass is 16.5. The average molecular weight is 531 g/mol. The maximum absolute atomic E-state index is 13.6. The first-order valence-electron chi connectivity index (χ1n) is 12.8. The lowest BCUT2D eigenvalue weighted by Gasteiger charge is -2.22. The Labute approximate surface area is 228 Å². The molecule has 0 saturated heterocycles. The summed E-state index contributed by atoms with van der Waals surface area (Å²) in [6.45, 7) is 0.908. The van der Waals surface area contributed by atoms with E-state index in [1.807, 2.05) is 78.9 Å². The SMILES string of the molecule is COc1cc(CNC(=O)[C@@]2(C/C=C/c3ccccc3)COC(c3ccc(OCCCO)cc3)=N2)cc(OC)c1. The molecule has 3 aromatic carbocycles. The first-order valence-corrected chi connectivity index (χ1v) is 12.8. The number of carbonyl (C=O) groups excluding carboxylic acids is 1. The van der Waals surface area contributed by atoms with E-state index in [0.29, 0.717) is 42.6 Å². The molecule has 1 atom stereocenters. The number of methoxy groups -OCH3 is 2. The van der Waals surface area contributed by atoms with E-state index in [4.69, 9.17) is 29.0 Å². The van der Waals surface area contributed by atoms with Gasteiger partial charge in [0, 0.05) is 37.6 Å². The van der Waals surface area contributed by atoms with Crippen LogP contribution in [0.5, 0.6) is 17.2 Å². The maximum atomic E-state index is 13.6. The van der Waals surface area contributed by atoms with Crippen molar-refractivity contribution in [3.8, 4) is 17.2 Å². The van der Waals surface area contributed by atoms with Crippen LogP contribution >= 0.6 is 0 Å². The Morgan fingerprint density at radius 2 is 1.74 bits per heavy atom. The molecule has 8 heteroatoms. The van der Waals surface area contributed by atoms with Crippen LogP contribution in [0.2, 0.25) is 0 Å². The molecule has 8 nitrogen and oxygen atoms in total. The third-order valence-electron chi connectivity index (χ3n) is 6.29. The summed E-state index contributed by atoms with van der Waals surface area (Å²) >= 11 is 0. The van der Waals surface area contributed by atoms with Crippen LogP contribution in [0.25, 0.3) is 6.08 Å². The van der Waals surface area contributed by atoms with Crippen LogP contribution in [0.1, 0.15) is 29.5 Å². The Morgan fingerprint density at radius 3 is 2.41 bits per heavy atom. The molecule has 3 aromatic rings. The Morgan fingerprint density at radius 1 is 1.03 bits per heavy atom. The molecule has 1 aliphatic heterocycles. The monoisotopic (exact) mass is 530 g/mol. The zero-order chi connectivity index (χ0) is 27.5. The minimum Gasteiger partial charge on any atom is -0.497 e. The largest absolute Gasteiger partial charge is 0.497 e. The molecule has 0 spiro atoms. The number of carbonyl (C=O) groups is 1. The van der Waals surface area contributed by atoms with E-state index >= 15 is 0 Å². The van der Waals surface area contributed by atoms with Gasteiger partial charge in [0.2, 0.25) is 5.90 Å². The molecule has 1 amide bonds. The van der Waals surface area contributed by atoms with Crippen LogP contribution < -0.4 is 19.5 Å². The van der Waals surface area contributed by atoms with Crippen molar-refractivity contribution in [2.45, 2.75) is 24.9 Å². The van der Waals surface area contributed by atoms with Crippen molar-refractivity contribution in [1.82, 2.24) is 5.32 Å². The highest BCUT2D eigenvalue weighted by Crippen LogP contribution is 2.28. The second-order valence-electron chi connectivity index (χ2n) is 9.11. The number of hydrogen-bond donors (Lipinski definition) is 2. The number of amides is 1. The number of benzene rings is 3. The van der Waals surface area contributed by atoms with Gasteiger partial charge in [-0.2, -0.15) is 0 Å². The van der Waals surface area contributed by atoms with Crippen molar-refractivity contribution in [3.05, 3.63) is 95.6 Å². The molecule has 1 aliphatic rings. The Kier molecular flexibility index (Phi) is 9.58. The quantitative estimate of drug-likeness (QED) is 0.318. The lowest BCUT2D eigenvalue weighted by molar-refractivity contribution is -0.126. The standard InChI is InChI=1S/C31H34N2O6/c1-36-27-18-24(19-28(20-27)37-2)21-32-30(35)31(15-6-10-23-8-4-3-5-9-23)22-39-29(33-31)25-11-13-26(14-12-25)38-17-7-16-34/h3-6,8-14,18-20,34H,7,15-17,21-22H2,1-2H3,(H,32,35)/b10-6+/t31-/m1/s1. The number of ether oxygens (including phenoxy) is 4. The summed E-state index contributed by atoms with van der Waals surface area (Å²) in [6.07, 6.45) is 4.86. The number of hydrogen-bond acceptors (Lipinski definition) is 7. The van der Waals surface area contributed by atoms with Gasteiger partial charge in [0.1, 0.15) is 23.9 Å². The van der Waals surface area contributed by atoms with Crippen molar-refractivity contribution in [3.63, 3.8) is 0 Å². The van der Waals surface area contributed by atoms with Gasteiger partial charge in [-0.25, -0.2) is 4.99 Å². The number of aliphatic imine (C=N–C) groups is 1. The third-order valence-corrected chi connectivity index (χ3v) is 6.29. The fourth-order valence-electron chi connectivity index (χ4n) is 4.13. The summed E-state index contributed by atoms with van der Waals surface area (Å²) in [5.74, 6) is 2.15. The van der Waals surface area contributed by atoms with Crippen molar-refractivity contribution in [2.24, 2.45) is 4.99 Å². The predicted molar refractivity (Wildman–Crippen MR) is 150 cm³/mol. The van der Waals surface area contributed by atoms with Gasteiger partial charge in [-0.15, -0.1) is 0 Å². The van der Waals surface area contributed by atoms with Crippen LogP contribution in [0, 0.1) is 0 Å².